The third kappa shape index (κ3) is 2.54. The minimum atomic E-state index is 0.0000255. The SMILES string of the molecule is CC1CCC(N2CCC(=O)NCC2=O)CC1. The van der Waals surface area contributed by atoms with E-state index in [2.05, 4.69) is 12.2 Å². The number of nitrogens with zero attached hydrogens (tertiary/aromatic N) is 1. The molecule has 1 aliphatic heterocycles. The van der Waals surface area contributed by atoms with Crippen molar-refractivity contribution in [1.29, 1.82) is 0 Å². The van der Waals surface area contributed by atoms with Crippen LogP contribution < -0.4 is 5.32 Å². The predicted octanol–water partition coefficient (Wildman–Crippen LogP) is 0.914. The van der Waals surface area contributed by atoms with E-state index in [1.165, 1.54) is 12.8 Å². The second kappa shape index (κ2) is 4.85. The van der Waals surface area contributed by atoms with Crippen molar-refractivity contribution in [3.05, 3.63) is 0 Å². The van der Waals surface area contributed by atoms with Crippen molar-refractivity contribution >= 4 is 11.8 Å². The van der Waals surface area contributed by atoms with Gasteiger partial charge in [-0.05, 0) is 31.6 Å². The number of hydrogen-bond acceptors (Lipinski definition) is 2. The molecule has 0 aromatic heterocycles. The molecule has 2 aliphatic rings. The molecular weight excluding hydrogens is 204 g/mol. The maximum absolute atomic E-state index is 11.9. The molecule has 0 aromatic rings. The first kappa shape index (κ1) is 11.4. The van der Waals surface area contributed by atoms with Gasteiger partial charge in [-0.25, -0.2) is 0 Å². The summed E-state index contributed by atoms with van der Waals surface area (Å²) in [7, 11) is 0. The molecule has 0 spiro atoms. The molecule has 0 aromatic carbocycles. The van der Waals surface area contributed by atoms with Crippen LogP contribution in [-0.4, -0.2) is 35.8 Å². The highest BCUT2D eigenvalue weighted by Crippen LogP contribution is 2.27. The Hall–Kier alpha value is -1.06. The first-order valence-corrected chi connectivity index (χ1v) is 6.23. The number of rotatable bonds is 1. The second-order valence-electron chi connectivity index (χ2n) is 5.03. The third-order valence-electron chi connectivity index (χ3n) is 3.76. The van der Waals surface area contributed by atoms with Crippen LogP contribution in [0.25, 0.3) is 0 Å². The molecule has 2 rings (SSSR count). The first-order valence-electron chi connectivity index (χ1n) is 6.23. The maximum atomic E-state index is 11.9. The molecule has 4 nitrogen and oxygen atoms in total. The molecule has 1 saturated heterocycles. The van der Waals surface area contributed by atoms with Gasteiger partial charge in [-0.2, -0.15) is 0 Å². The molecule has 1 heterocycles. The van der Waals surface area contributed by atoms with Crippen molar-refractivity contribution in [3.8, 4) is 0 Å². The van der Waals surface area contributed by atoms with E-state index in [1.54, 1.807) is 0 Å². The van der Waals surface area contributed by atoms with Crippen molar-refractivity contribution in [2.75, 3.05) is 13.1 Å². The van der Waals surface area contributed by atoms with Gasteiger partial charge in [0.25, 0.3) is 0 Å². The molecule has 2 amide bonds. The summed E-state index contributed by atoms with van der Waals surface area (Å²) < 4.78 is 0. The highest BCUT2D eigenvalue weighted by atomic mass is 16.2. The molecule has 2 fully saturated rings. The monoisotopic (exact) mass is 224 g/mol. The van der Waals surface area contributed by atoms with Crippen LogP contribution in [0.3, 0.4) is 0 Å². The van der Waals surface area contributed by atoms with Crippen molar-refractivity contribution in [2.24, 2.45) is 5.92 Å². The Morgan fingerprint density at radius 2 is 1.88 bits per heavy atom. The molecule has 90 valence electrons. The van der Waals surface area contributed by atoms with Crippen LogP contribution in [0, 0.1) is 5.92 Å². The number of carbonyl (C=O) groups excluding carboxylic acids is 2. The Morgan fingerprint density at radius 3 is 2.56 bits per heavy atom. The Labute approximate surface area is 96.4 Å². The van der Waals surface area contributed by atoms with Crippen LogP contribution in [-0.2, 0) is 9.59 Å². The van der Waals surface area contributed by atoms with Gasteiger partial charge in [0, 0.05) is 19.0 Å². The van der Waals surface area contributed by atoms with E-state index >= 15 is 0 Å². The summed E-state index contributed by atoms with van der Waals surface area (Å²) in [6.45, 7) is 3.06. The zero-order valence-electron chi connectivity index (χ0n) is 9.87. The summed E-state index contributed by atoms with van der Waals surface area (Å²) in [6, 6.07) is 0.372. The Kier molecular flexibility index (Phi) is 3.46. The van der Waals surface area contributed by atoms with Crippen molar-refractivity contribution in [2.45, 2.75) is 45.1 Å². The predicted molar refractivity (Wildman–Crippen MR) is 60.8 cm³/mol. The number of nitrogens with one attached hydrogen (secondary N) is 1. The minimum Gasteiger partial charge on any atom is -0.347 e. The van der Waals surface area contributed by atoms with Crippen LogP contribution in [0.4, 0.5) is 0 Å². The molecular formula is C12H20N2O2. The lowest BCUT2D eigenvalue weighted by Gasteiger charge is -2.35. The number of amides is 2. The van der Waals surface area contributed by atoms with Gasteiger partial charge in [0.2, 0.25) is 11.8 Å². The van der Waals surface area contributed by atoms with Crippen LogP contribution in [0.1, 0.15) is 39.0 Å². The minimum absolute atomic E-state index is 0.0000255. The van der Waals surface area contributed by atoms with E-state index in [0.717, 1.165) is 18.8 Å². The molecule has 0 unspecified atom stereocenters. The van der Waals surface area contributed by atoms with Gasteiger partial charge in [-0.15, -0.1) is 0 Å². The summed E-state index contributed by atoms with van der Waals surface area (Å²) in [5.74, 6) is 0.878. The standard InChI is InChI=1S/C12H20N2O2/c1-9-2-4-10(5-3-9)14-7-6-11(15)13-8-12(14)16/h9-10H,2-8H2,1H3,(H,13,15). The summed E-state index contributed by atoms with van der Waals surface area (Å²) in [5.41, 5.74) is 0. The van der Waals surface area contributed by atoms with Gasteiger partial charge in [0.05, 0.1) is 6.54 Å². The highest BCUT2D eigenvalue weighted by Gasteiger charge is 2.29. The third-order valence-corrected chi connectivity index (χ3v) is 3.76. The fourth-order valence-corrected chi connectivity index (χ4v) is 2.65. The average Bonchev–Trinajstić information content (AvgIpc) is 2.44. The Bertz CT molecular complexity index is 283. The van der Waals surface area contributed by atoms with E-state index in [0.29, 0.717) is 19.0 Å². The average molecular weight is 224 g/mol. The van der Waals surface area contributed by atoms with Gasteiger partial charge < -0.3 is 10.2 Å². The highest BCUT2D eigenvalue weighted by molar-refractivity contribution is 5.87. The number of carbonyl (C=O) groups is 2. The Balaban J connectivity index is 1.96. The largest absolute Gasteiger partial charge is 0.347 e. The van der Waals surface area contributed by atoms with Gasteiger partial charge in [-0.1, -0.05) is 6.92 Å². The summed E-state index contributed by atoms with van der Waals surface area (Å²) >= 11 is 0. The van der Waals surface area contributed by atoms with Crippen molar-refractivity contribution in [3.63, 3.8) is 0 Å². The topological polar surface area (TPSA) is 49.4 Å². The zero-order valence-corrected chi connectivity index (χ0v) is 9.87. The molecule has 0 radical (unpaired) electrons. The second-order valence-corrected chi connectivity index (χ2v) is 5.03. The lowest BCUT2D eigenvalue weighted by atomic mass is 9.86. The van der Waals surface area contributed by atoms with Crippen LogP contribution in [0.2, 0.25) is 0 Å². The van der Waals surface area contributed by atoms with E-state index in [1.807, 2.05) is 4.90 Å². The molecule has 1 aliphatic carbocycles. The van der Waals surface area contributed by atoms with Crippen molar-refractivity contribution in [1.82, 2.24) is 10.2 Å². The van der Waals surface area contributed by atoms with E-state index in [9.17, 15) is 9.59 Å². The van der Waals surface area contributed by atoms with E-state index in [-0.39, 0.29) is 18.4 Å². The molecule has 0 atom stereocenters. The number of hydrogen-bond donors (Lipinski definition) is 1. The summed E-state index contributed by atoms with van der Waals surface area (Å²) in [4.78, 5) is 25.0. The smallest absolute Gasteiger partial charge is 0.242 e. The lowest BCUT2D eigenvalue weighted by Crippen LogP contribution is -2.44. The van der Waals surface area contributed by atoms with Crippen LogP contribution >= 0.6 is 0 Å². The van der Waals surface area contributed by atoms with Gasteiger partial charge in [0.1, 0.15) is 0 Å². The zero-order chi connectivity index (χ0) is 11.5. The normalized spacial score (nSPS) is 32.2. The molecule has 16 heavy (non-hydrogen) atoms. The maximum Gasteiger partial charge on any atom is 0.242 e. The molecule has 0 bridgehead atoms. The Morgan fingerprint density at radius 1 is 1.19 bits per heavy atom. The van der Waals surface area contributed by atoms with Crippen molar-refractivity contribution < 1.29 is 9.59 Å². The fourth-order valence-electron chi connectivity index (χ4n) is 2.65. The van der Waals surface area contributed by atoms with Gasteiger partial charge in [0.15, 0.2) is 0 Å². The van der Waals surface area contributed by atoms with E-state index in [4.69, 9.17) is 0 Å². The summed E-state index contributed by atoms with van der Waals surface area (Å²) in [6.07, 6.45) is 5.06. The van der Waals surface area contributed by atoms with Crippen LogP contribution in [0.5, 0.6) is 0 Å². The molecule has 1 N–H and O–H groups in total. The van der Waals surface area contributed by atoms with Crippen LogP contribution in [0.15, 0.2) is 0 Å². The molecule has 1 saturated carbocycles. The quantitative estimate of drug-likeness (QED) is 0.720. The van der Waals surface area contributed by atoms with Gasteiger partial charge >= 0.3 is 0 Å². The van der Waals surface area contributed by atoms with Gasteiger partial charge in [-0.3, -0.25) is 9.59 Å². The van der Waals surface area contributed by atoms with E-state index < -0.39 is 0 Å². The first-order chi connectivity index (χ1) is 7.66. The molecule has 4 heteroatoms. The summed E-state index contributed by atoms with van der Waals surface area (Å²) in [5, 5.41) is 2.64. The lowest BCUT2D eigenvalue weighted by molar-refractivity contribution is -0.132. The fraction of sp³-hybridized carbons (Fsp3) is 0.833.